The largest absolute Gasteiger partial charge is 0.491 e. The van der Waals surface area contributed by atoms with Crippen molar-refractivity contribution in [3.8, 4) is 5.75 Å². The van der Waals surface area contributed by atoms with Crippen LogP contribution >= 0.6 is 23.8 Å². The molecule has 1 amide bonds. The zero-order valence-corrected chi connectivity index (χ0v) is 15.8. The highest BCUT2D eigenvalue weighted by atomic mass is 35.5. The topological polar surface area (TPSA) is 50.4 Å². The van der Waals surface area contributed by atoms with Gasteiger partial charge in [-0.25, -0.2) is 0 Å². The third-order valence-electron chi connectivity index (χ3n) is 3.28. The van der Waals surface area contributed by atoms with Crippen LogP contribution in [0.1, 0.15) is 25.0 Å². The van der Waals surface area contributed by atoms with Crippen LogP contribution in [0.2, 0.25) is 5.02 Å². The second kappa shape index (κ2) is 9.39. The van der Waals surface area contributed by atoms with E-state index in [0.717, 1.165) is 16.9 Å². The lowest BCUT2D eigenvalue weighted by Gasteiger charge is -2.12. The van der Waals surface area contributed by atoms with Crippen LogP contribution in [0.5, 0.6) is 5.75 Å². The normalized spacial score (nSPS) is 10.4. The molecule has 0 aliphatic heterocycles. The zero-order chi connectivity index (χ0) is 18.2. The lowest BCUT2D eigenvalue weighted by Crippen LogP contribution is -2.39. The van der Waals surface area contributed by atoms with Crippen molar-refractivity contribution in [1.82, 2.24) is 10.6 Å². The number of amides is 1. The second-order valence-electron chi connectivity index (χ2n) is 5.84. The number of hydrogen-bond acceptors (Lipinski definition) is 3. The van der Waals surface area contributed by atoms with Crippen LogP contribution in [0.3, 0.4) is 0 Å². The Kier molecular flexibility index (Phi) is 7.22. The molecule has 0 aliphatic rings. The van der Waals surface area contributed by atoms with Crippen LogP contribution in [0.25, 0.3) is 0 Å². The van der Waals surface area contributed by atoms with E-state index in [-0.39, 0.29) is 18.4 Å². The van der Waals surface area contributed by atoms with Crippen molar-refractivity contribution in [3.63, 3.8) is 0 Å². The van der Waals surface area contributed by atoms with Gasteiger partial charge in [-0.05, 0) is 61.5 Å². The molecule has 2 aromatic rings. The summed E-state index contributed by atoms with van der Waals surface area (Å²) in [5, 5.41) is 6.65. The average molecular weight is 377 g/mol. The number of hydrogen-bond donors (Lipinski definition) is 2. The second-order valence-corrected chi connectivity index (χ2v) is 6.69. The van der Waals surface area contributed by atoms with Gasteiger partial charge in [0.25, 0.3) is 0 Å². The SMILES string of the molecule is CC(C)Oc1ccc(CNC(=S)NC(=O)Cc2ccc(Cl)cc2)cc1. The van der Waals surface area contributed by atoms with Gasteiger partial charge in [-0.15, -0.1) is 0 Å². The third kappa shape index (κ3) is 7.11. The minimum atomic E-state index is -0.166. The van der Waals surface area contributed by atoms with Gasteiger partial charge in [-0.1, -0.05) is 35.9 Å². The molecule has 2 rings (SSSR count). The Morgan fingerprint density at radius 2 is 1.68 bits per heavy atom. The quantitative estimate of drug-likeness (QED) is 0.751. The maximum absolute atomic E-state index is 12.0. The molecule has 0 radical (unpaired) electrons. The van der Waals surface area contributed by atoms with Gasteiger partial charge in [0.1, 0.15) is 5.75 Å². The molecule has 2 aromatic carbocycles. The molecule has 0 aliphatic carbocycles. The van der Waals surface area contributed by atoms with E-state index in [2.05, 4.69) is 10.6 Å². The Morgan fingerprint density at radius 1 is 1.08 bits per heavy atom. The molecule has 0 spiro atoms. The van der Waals surface area contributed by atoms with Gasteiger partial charge in [0.05, 0.1) is 12.5 Å². The third-order valence-corrected chi connectivity index (χ3v) is 3.78. The Balaban J connectivity index is 1.76. The van der Waals surface area contributed by atoms with Crippen molar-refractivity contribution >= 4 is 34.8 Å². The molecule has 0 atom stereocenters. The zero-order valence-electron chi connectivity index (χ0n) is 14.2. The smallest absolute Gasteiger partial charge is 0.230 e. The number of ether oxygens (including phenoxy) is 1. The fourth-order valence-corrected chi connectivity index (χ4v) is 2.46. The first kappa shape index (κ1) is 19.2. The molecule has 25 heavy (non-hydrogen) atoms. The Bertz CT molecular complexity index is 715. The molecule has 0 saturated heterocycles. The van der Waals surface area contributed by atoms with Crippen molar-refractivity contribution in [1.29, 1.82) is 0 Å². The summed E-state index contributed by atoms with van der Waals surface area (Å²) in [6.45, 7) is 4.50. The summed E-state index contributed by atoms with van der Waals surface area (Å²) < 4.78 is 5.60. The van der Waals surface area contributed by atoms with Crippen LogP contribution in [0.15, 0.2) is 48.5 Å². The number of thiocarbonyl (C=S) groups is 1. The lowest BCUT2D eigenvalue weighted by atomic mass is 10.1. The van der Waals surface area contributed by atoms with E-state index in [0.29, 0.717) is 16.7 Å². The predicted molar refractivity (Wildman–Crippen MR) is 105 cm³/mol. The van der Waals surface area contributed by atoms with E-state index < -0.39 is 0 Å². The summed E-state index contributed by atoms with van der Waals surface area (Å²) in [7, 11) is 0. The summed E-state index contributed by atoms with van der Waals surface area (Å²) in [6.07, 6.45) is 0.396. The first-order valence-corrected chi connectivity index (χ1v) is 8.78. The highest BCUT2D eigenvalue weighted by Gasteiger charge is 2.06. The molecule has 0 saturated carbocycles. The predicted octanol–water partition coefficient (Wildman–Crippen LogP) is 3.86. The molecule has 132 valence electrons. The Morgan fingerprint density at radius 3 is 2.28 bits per heavy atom. The number of carbonyl (C=O) groups excluding carboxylic acids is 1. The molecule has 0 aromatic heterocycles. The molecule has 2 N–H and O–H groups in total. The van der Waals surface area contributed by atoms with Crippen molar-refractivity contribution in [3.05, 3.63) is 64.7 Å². The van der Waals surface area contributed by atoms with Crippen LogP contribution in [-0.4, -0.2) is 17.1 Å². The highest BCUT2D eigenvalue weighted by molar-refractivity contribution is 7.80. The van der Waals surface area contributed by atoms with E-state index in [1.807, 2.05) is 50.2 Å². The molecule has 0 unspecified atom stereocenters. The summed E-state index contributed by atoms with van der Waals surface area (Å²) in [4.78, 5) is 12.0. The molecule has 0 heterocycles. The first-order chi connectivity index (χ1) is 11.9. The average Bonchev–Trinajstić information content (AvgIpc) is 2.56. The fourth-order valence-electron chi connectivity index (χ4n) is 2.14. The number of nitrogens with one attached hydrogen (secondary N) is 2. The van der Waals surface area contributed by atoms with E-state index in [9.17, 15) is 4.79 Å². The fraction of sp³-hybridized carbons (Fsp3) is 0.263. The van der Waals surface area contributed by atoms with Crippen LogP contribution in [-0.2, 0) is 17.8 Å². The maximum atomic E-state index is 12.0. The van der Waals surface area contributed by atoms with Gasteiger partial charge in [0.2, 0.25) is 5.91 Å². The number of carbonyl (C=O) groups is 1. The summed E-state index contributed by atoms with van der Waals surface area (Å²) in [6, 6.07) is 14.9. The van der Waals surface area contributed by atoms with Gasteiger partial charge in [-0.2, -0.15) is 0 Å². The summed E-state index contributed by atoms with van der Waals surface area (Å²) in [5.41, 5.74) is 1.93. The molecular weight excluding hydrogens is 356 g/mol. The molecule has 0 fully saturated rings. The standard InChI is InChI=1S/C19H21ClN2O2S/c1-13(2)24-17-9-5-15(6-10-17)12-21-19(25)22-18(23)11-14-3-7-16(20)8-4-14/h3-10,13H,11-12H2,1-2H3,(H2,21,22,23,25). The summed E-state index contributed by atoms with van der Waals surface area (Å²) in [5.74, 6) is 0.665. The monoisotopic (exact) mass is 376 g/mol. The molecule has 0 bridgehead atoms. The minimum absolute atomic E-state index is 0.146. The van der Waals surface area contributed by atoms with Gasteiger partial charge in [0.15, 0.2) is 5.11 Å². The van der Waals surface area contributed by atoms with Crippen LogP contribution in [0, 0.1) is 0 Å². The van der Waals surface area contributed by atoms with Crippen molar-refractivity contribution in [2.45, 2.75) is 32.9 Å². The Labute approximate surface area is 158 Å². The summed E-state index contributed by atoms with van der Waals surface area (Å²) >= 11 is 11.0. The number of rotatable bonds is 6. The molecule has 4 nitrogen and oxygen atoms in total. The Hall–Kier alpha value is -2.11. The van der Waals surface area contributed by atoms with Gasteiger partial charge >= 0.3 is 0 Å². The van der Waals surface area contributed by atoms with Gasteiger partial charge < -0.3 is 15.4 Å². The highest BCUT2D eigenvalue weighted by Crippen LogP contribution is 2.13. The van der Waals surface area contributed by atoms with Gasteiger partial charge in [0, 0.05) is 11.6 Å². The molecule has 6 heteroatoms. The van der Waals surface area contributed by atoms with Crippen LogP contribution < -0.4 is 15.4 Å². The van der Waals surface area contributed by atoms with Crippen LogP contribution in [0.4, 0.5) is 0 Å². The number of benzene rings is 2. The van der Waals surface area contributed by atoms with E-state index in [1.165, 1.54) is 0 Å². The lowest BCUT2D eigenvalue weighted by molar-refractivity contribution is -0.119. The van der Waals surface area contributed by atoms with E-state index in [1.54, 1.807) is 12.1 Å². The van der Waals surface area contributed by atoms with Gasteiger partial charge in [-0.3, -0.25) is 4.79 Å². The first-order valence-electron chi connectivity index (χ1n) is 8.00. The molecular formula is C19H21ClN2O2S. The maximum Gasteiger partial charge on any atom is 0.230 e. The van der Waals surface area contributed by atoms with Crippen molar-refractivity contribution in [2.75, 3.05) is 0 Å². The van der Waals surface area contributed by atoms with Crippen molar-refractivity contribution < 1.29 is 9.53 Å². The minimum Gasteiger partial charge on any atom is -0.491 e. The van der Waals surface area contributed by atoms with E-state index >= 15 is 0 Å². The number of halogens is 1. The van der Waals surface area contributed by atoms with Crippen molar-refractivity contribution in [2.24, 2.45) is 0 Å². The van der Waals surface area contributed by atoms with E-state index in [4.69, 9.17) is 28.6 Å².